The fourth-order valence-electron chi connectivity index (χ4n) is 6.02. The molecule has 0 radical (unpaired) electrons. The van der Waals surface area contributed by atoms with E-state index in [4.69, 9.17) is 28.9 Å². The number of sulfone groups is 2. The zero-order valence-corrected chi connectivity index (χ0v) is 29.3. The second-order valence-electron chi connectivity index (χ2n) is 12.2. The number of rotatable bonds is 8. The van der Waals surface area contributed by atoms with E-state index in [1.165, 1.54) is 24.3 Å². The minimum atomic E-state index is -3.40. The van der Waals surface area contributed by atoms with Crippen molar-refractivity contribution in [3.63, 3.8) is 0 Å². The highest BCUT2D eigenvalue weighted by atomic mass is 32.2. The normalized spacial score (nSPS) is 13.3. The number of ether oxygens (including phenoxy) is 4. The second kappa shape index (κ2) is 12.6. The van der Waals surface area contributed by atoms with Gasteiger partial charge in [0, 0.05) is 45.9 Å². The molecule has 6 aromatic rings. The maximum atomic E-state index is 14.8. The van der Waals surface area contributed by atoms with Crippen molar-refractivity contribution >= 4 is 25.5 Å². The molecule has 0 N–H and O–H groups in total. The minimum Gasteiger partial charge on any atom is -0.454 e. The van der Waals surface area contributed by atoms with Crippen LogP contribution in [0.15, 0.2) is 119 Å². The molecule has 0 saturated heterocycles. The molecule has 0 atom stereocenters. The Kier molecular flexibility index (Phi) is 8.04. The lowest BCUT2D eigenvalue weighted by molar-refractivity contribution is 0.103. The maximum Gasteiger partial charge on any atom is 0.231 e. The summed E-state index contributed by atoms with van der Waals surface area (Å²) in [6, 6.07) is 30.2. The summed E-state index contributed by atoms with van der Waals surface area (Å²) in [5, 5.41) is 0. The van der Waals surface area contributed by atoms with Crippen LogP contribution in [0.2, 0.25) is 0 Å². The van der Waals surface area contributed by atoms with Crippen LogP contribution in [0.4, 0.5) is 0 Å². The molecule has 0 saturated carbocycles. The highest BCUT2D eigenvalue weighted by Crippen LogP contribution is 2.40. The molecule has 0 amide bonds. The lowest BCUT2D eigenvalue weighted by Gasteiger charge is -2.15. The van der Waals surface area contributed by atoms with E-state index in [2.05, 4.69) is 0 Å². The van der Waals surface area contributed by atoms with Gasteiger partial charge in [0.25, 0.3) is 0 Å². The molecule has 52 heavy (non-hydrogen) atoms. The van der Waals surface area contributed by atoms with Gasteiger partial charge in [0.05, 0.1) is 32.6 Å². The average molecular weight is 733 g/mol. The molecule has 0 spiro atoms. The number of benzene rings is 4. The van der Waals surface area contributed by atoms with Crippen LogP contribution in [-0.4, -0.2) is 58.7 Å². The molecule has 0 unspecified atom stereocenters. The zero-order chi connectivity index (χ0) is 36.2. The standard InChI is InChI=1S/C39H28N2O9S2/c1-51(43,44)27-9-3-23(4-10-27)31-15-13-29(37(40-31)25-7-17-33-35(19-25)49-21-47-33)39(42)30-14-16-32(24-5-11-28(12-6-24)52(2,45)46)41-38(30)26-8-18-34-36(20-26)50-22-48-34/h3-20H,21-22H2,1-2H3. The van der Waals surface area contributed by atoms with Crippen LogP contribution in [-0.2, 0) is 19.7 Å². The molecule has 2 aliphatic heterocycles. The van der Waals surface area contributed by atoms with Crippen molar-refractivity contribution in [2.75, 3.05) is 26.1 Å². The Morgan fingerprint density at radius 2 is 0.846 bits per heavy atom. The van der Waals surface area contributed by atoms with Crippen LogP contribution in [0.5, 0.6) is 23.0 Å². The minimum absolute atomic E-state index is 0.0681. The number of nitrogens with zero attached hydrogens (tertiary/aromatic N) is 2. The fourth-order valence-corrected chi connectivity index (χ4v) is 7.29. The first-order chi connectivity index (χ1) is 24.9. The Hall–Kier alpha value is -6.05. The summed E-state index contributed by atoms with van der Waals surface area (Å²) in [4.78, 5) is 25.0. The molecule has 260 valence electrons. The molecule has 2 aromatic heterocycles. The third-order valence-corrected chi connectivity index (χ3v) is 11.0. The van der Waals surface area contributed by atoms with Gasteiger partial charge in [-0.3, -0.25) is 4.79 Å². The van der Waals surface area contributed by atoms with E-state index in [-0.39, 0.29) is 40.3 Å². The molecular weight excluding hydrogens is 705 g/mol. The first-order valence-corrected chi connectivity index (χ1v) is 19.7. The van der Waals surface area contributed by atoms with E-state index in [0.29, 0.717) is 68.0 Å². The summed E-state index contributed by atoms with van der Waals surface area (Å²) >= 11 is 0. The highest BCUT2D eigenvalue weighted by molar-refractivity contribution is 7.91. The van der Waals surface area contributed by atoms with Gasteiger partial charge in [-0.1, -0.05) is 24.3 Å². The Morgan fingerprint density at radius 3 is 1.23 bits per heavy atom. The number of fused-ring (bicyclic) bond motifs is 2. The van der Waals surface area contributed by atoms with Crippen LogP contribution >= 0.6 is 0 Å². The zero-order valence-electron chi connectivity index (χ0n) is 27.7. The Morgan fingerprint density at radius 1 is 0.481 bits per heavy atom. The molecule has 0 fully saturated rings. The summed E-state index contributed by atoms with van der Waals surface area (Å²) in [6.45, 7) is 0.136. The molecule has 13 heteroatoms. The van der Waals surface area contributed by atoms with E-state index in [0.717, 1.165) is 12.5 Å². The van der Waals surface area contributed by atoms with Crippen molar-refractivity contribution in [2.45, 2.75) is 9.79 Å². The molecule has 4 aromatic carbocycles. The van der Waals surface area contributed by atoms with Crippen molar-refractivity contribution in [1.29, 1.82) is 0 Å². The quantitative estimate of drug-likeness (QED) is 0.155. The summed E-state index contributed by atoms with van der Waals surface area (Å²) in [7, 11) is -6.80. The third-order valence-electron chi connectivity index (χ3n) is 8.73. The van der Waals surface area contributed by atoms with Crippen LogP contribution in [0.3, 0.4) is 0 Å². The highest BCUT2D eigenvalue weighted by Gasteiger charge is 2.25. The smallest absolute Gasteiger partial charge is 0.231 e. The number of aromatic nitrogens is 2. The molecule has 8 rings (SSSR count). The molecule has 0 bridgehead atoms. The van der Waals surface area contributed by atoms with Gasteiger partial charge in [-0.2, -0.15) is 0 Å². The molecule has 11 nitrogen and oxygen atoms in total. The van der Waals surface area contributed by atoms with Gasteiger partial charge in [0.15, 0.2) is 48.5 Å². The summed E-state index contributed by atoms with van der Waals surface area (Å²) in [5.41, 5.74) is 4.84. The Labute approximate surface area is 299 Å². The molecule has 0 aliphatic carbocycles. The van der Waals surface area contributed by atoms with Crippen molar-refractivity contribution in [3.05, 3.63) is 120 Å². The fraction of sp³-hybridized carbons (Fsp3) is 0.103. The summed E-state index contributed by atoms with van der Waals surface area (Å²) < 4.78 is 70.7. The Balaban J connectivity index is 1.27. The van der Waals surface area contributed by atoms with Crippen molar-refractivity contribution in [2.24, 2.45) is 0 Å². The SMILES string of the molecule is CS(=O)(=O)c1ccc(-c2ccc(C(=O)c3ccc(-c4ccc(S(C)(=O)=O)cc4)nc3-c3ccc4c(c3)OCO4)c(-c3ccc4c(c3)OCO4)n2)cc1. The van der Waals surface area contributed by atoms with Gasteiger partial charge in [-0.05, 0) is 84.9 Å². The molecule has 2 aliphatic rings. The lowest BCUT2D eigenvalue weighted by Crippen LogP contribution is -2.09. The summed E-state index contributed by atoms with van der Waals surface area (Å²) in [5.74, 6) is 1.79. The molecular formula is C39H28N2O9S2. The third kappa shape index (κ3) is 6.24. The predicted molar refractivity (Wildman–Crippen MR) is 192 cm³/mol. The van der Waals surface area contributed by atoms with Gasteiger partial charge < -0.3 is 18.9 Å². The van der Waals surface area contributed by atoms with Crippen LogP contribution in [0, 0.1) is 0 Å². The molecule has 4 heterocycles. The van der Waals surface area contributed by atoms with E-state index in [1.807, 2.05) is 0 Å². The second-order valence-corrected chi connectivity index (χ2v) is 16.3. The number of ketones is 1. The lowest BCUT2D eigenvalue weighted by atomic mass is 9.93. The maximum absolute atomic E-state index is 14.8. The number of carbonyl (C=O) groups excluding carboxylic acids is 1. The first-order valence-electron chi connectivity index (χ1n) is 15.9. The van der Waals surface area contributed by atoms with Crippen LogP contribution in [0.1, 0.15) is 15.9 Å². The number of pyridine rings is 2. The van der Waals surface area contributed by atoms with Gasteiger partial charge in [-0.25, -0.2) is 26.8 Å². The van der Waals surface area contributed by atoms with Gasteiger partial charge in [0.1, 0.15) is 0 Å². The number of carbonyl (C=O) groups is 1. The van der Waals surface area contributed by atoms with Crippen molar-refractivity contribution in [3.8, 4) is 68.0 Å². The van der Waals surface area contributed by atoms with Gasteiger partial charge in [-0.15, -0.1) is 0 Å². The van der Waals surface area contributed by atoms with E-state index >= 15 is 0 Å². The largest absolute Gasteiger partial charge is 0.454 e. The van der Waals surface area contributed by atoms with Gasteiger partial charge >= 0.3 is 0 Å². The average Bonchev–Trinajstić information content (AvgIpc) is 3.83. The van der Waals surface area contributed by atoms with Crippen molar-refractivity contribution in [1.82, 2.24) is 9.97 Å². The Bertz CT molecular complexity index is 2460. The summed E-state index contributed by atoms with van der Waals surface area (Å²) in [6.07, 6.45) is 2.29. The topological polar surface area (TPSA) is 148 Å². The number of hydrogen-bond donors (Lipinski definition) is 0. The van der Waals surface area contributed by atoms with Crippen LogP contribution < -0.4 is 18.9 Å². The van der Waals surface area contributed by atoms with Crippen molar-refractivity contribution < 1.29 is 40.6 Å². The van der Waals surface area contributed by atoms with Gasteiger partial charge in [0.2, 0.25) is 13.6 Å². The van der Waals surface area contributed by atoms with E-state index in [1.54, 1.807) is 84.9 Å². The predicted octanol–water partition coefficient (Wildman–Crippen LogP) is 6.64. The monoisotopic (exact) mass is 732 g/mol. The first kappa shape index (κ1) is 33.1. The van der Waals surface area contributed by atoms with Crippen LogP contribution in [0.25, 0.3) is 45.0 Å². The van der Waals surface area contributed by atoms with E-state index < -0.39 is 19.7 Å². The van der Waals surface area contributed by atoms with E-state index in [9.17, 15) is 21.6 Å². The number of hydrogen-bond acceptors (Lipinski definition) is 11.